The van der Waals surface area contributed by atoms with Crippen LogP contribution < -0.4 is 19.6 Å². The van der Waals surface area contributed by atoms with Crippen molar-refractivity contribution in [2.75, 3.05) is 19.6 Å². The van der Waals surface area contributed by atoms with Crippen molar-refractivity contribution in [2.45, 2.75) is 26.7 Å². The summed E-state index contributed by atoms with van der Waals surface area (Å²) < 4.78 is 115. The van der Waals surface area contributed by atoms with Gasteiger partial charge in [-0.2, -0.15) is 5.26 Å². The highest BCUT2D eigenvalue weighted by molar-refractivity contribution is 6.30. The van der Waals surface area contributed by atoms with Crippen molar-refractivity contribution in [1.29, 1.82) is 5.26 Å². The number of hydrogen-bond donors (Lipinski definition) is 0. The zero-order chi connectivity index (χ0) is 101. The summed E-state index contributed by atoms with van der Waals surface area (Å²) in [7, 11) is 0. The second-order valence-electron chi connectivity index (χ2n) is 37.0. The number of rotatable bonds is 22. The first-order valence-electron chi connectivity index (χ1n) is 48.8. The molecule has 0 heterocycles. The summed E-state index contributed by atoms with van der Waals surface area (Å²) in [5.74, 6) is -2.67. The van der Waals surface area contributed by atoms with Crippen LogP contribution in [-0.2, 0) is 12.8 Å². The first kappa shape index (κ1) is 92.7. The van der Waals surface area contributed by atoms with Gasteiger partial charge >= 0.3 is 0 Å². The zero-order valence-electron chi connectivity index (χ0n) is 80.0. The summed E-state index contributed by atoms with van der Waals surface area (Å²) in [5, 5.41) is 22.3. The second kappa shape index (κ2) is 39.4. The molecule has 0 aliphatic heterocycles. The molecule has 0 saturated heterocycles. The molecule has 24 aromatic rings. The van der Waals surface area contributed by atoms with E-state index in [1.165, 1.54) is 108 Å². The van der Waals surface area contributed by atoms with Crippen LogP contribution in [0.2, 0.25) is 0 Å². The van der Waals surface area contributed by atoms with Gasteiger partial charge < -0.3 is 19.6 Å². The van der Waals surface area contributed by atoms with Crippen LogP contribution in [0.3, 0.4) is 0 Å². The van der Waals surface area contributed by atoms with Crippen LogP contribution in [0.1, 0.15) is 30.5 Å². The maximum absolute atomic E-state index is 14.4. The van der Waals surface area contributed by atoms with Crippen LogP contribution >= 0.6 is 0 Å². The van der Waals surface area contributed by atoms with E-state index >= 15 is 0 Å². The third-order valence-corrected chi connectivity index (χ3v) is 28.0. The van der Waals surface area contributed by atoms with E-state index in [-0.39, 0.29) is 46.5 Å². The molecule has 6 nitrogen and oxygen atoms in total. The van der Waals surface area contributed by atoms with Gasteiger partial charge in [-0.1, -0.05) is 220 Å². The highest BCUT2D eigenvalue weighted by Gasteiger charge is 2.29. The first-order valence-corrected chi connectivity index (χ1v) is 48.8. The summed E-state index contributed by atoms with van der Waals surface area (Å²) in [6, 6.07) is 146. The molecule has 0 aromatic heterocycles. The van der Waals surface area contributed by atoms with E-state index in [9.17, 15) is 40.4 Å². The van der Waals surface area contributed by atoms with Gasteiger partial charge in [-0.15, -0.1) is 0 Å². The van der Waals surface area contributed by atoms with Gasteiger partial charge in [-0.05, 0) is 411 Å². The number of hydrogen-bond acceptors (Lipinski definition) is 5. The van der Waals surface area contributed by atoms with Gasteiger partial charge in [0, 0.05) is 67.0 Å². The Morgan fingerprint density at radius 1 is 0.203 bits per heavy atom. The number of nitriles is 1. The minimum atomic E-state index is -0.353. The van der Waals surface area contributed by atoms with Gasteiger partial charge in [-0.25, -0.2) is 40.0 Å². The first-order chi connectivity index (χ1) is 72.3. The average Bonchev–Trinajstić information content (AvgIpc) is 0.719. The van der Waals surface area contributed by atoms with E-state index < -0.39 is 0 Å². The molecular formula is C134H86F8N6. The van der Waals surface area contributed by atoms with Crippen LogP contribution in [0.4, 0.5) is 109 Å². The van der Waals surface area contributed by atoms with Gasteiger partial charge in [-0.3, -0.25) is 0 Å². The molecule has 0 unspecified atom stereocenters. The number of benzene rings is 24. The Labute approximate surface area is 850 Å². The molecule has 0 spiro atoms. The highest BCUT2D eigenvalue weighted by Crippen LogP contribution is 2.54. The average molecular weight is 1930 g/mol. The molecule has 24 rings (SSSR count). The Balaban J connectivity index is 0.000000163. The normalized spacial score (nSPS) is 11.4. The SMILES string of the molecule is CCc1ccc(N(c2cc(-c3ccc(F)cc3)cc(-c3ccc(F)cc3)c2)c2ccc3ccc4c(N(c5ccc(CC)cc5)c5cc(-c6ccc(F)cc6)cc(-c6ccc(F)cc6)c5)ccc5ccc2c3c54)cc1.[C-]#[N+]c1ccc(N(c2cc(-c3ccc(F)cc3)cc(-c3ccc(F)cc3)c2)c2ccc3ccc4c(N(c5ccc(C#N)cc5)c5cc(-c6ccc(F)cc6)cc(-c6ccc(F)cc6)c5)ccc5ccc2c3c54)cc1. The lowest BCUT2D eigenvalue weighted by Crippen LogP contribution is -2.12. The van der Waals surface area contributed by atoms with Crippen LogP contribution in [0.5, 0.6) is 0 Å². The van der Waals surface area contributed by atoms with E-state index in [1.54, 1.807) is 121 Å². The Morgan fingerprint density at radius 3 is 0.568 bits per heavy atom. The second-order valence-corrected chi connectivity index (χ2v) is 37.0. The Bertz CT molecular complexity index is 8430. The molecule has 0 fully saturated rings. The molecule has 708 valence electrons. The van der Waals surface area contributed by atoms with Crippen LogP contribution in [-0.4, -0.2) is 0 Å². The Morgan fingerprint density at radius 2 is 0.385 bits per heavy atom. The van der Waals surface area contributed by atoms with Gasteiger partial charge in [0.2, 0.25) is 0 Å². The number of anilines is 12. The molecule has 0 radical (unpaired) electrons. The maximum Gasteiger partial charge on any atom is 0.187 e. The molecular weight excluding hydrogens is 1850 g/mol. The predicted octanol–water partition coefficient (Wildman–Crippen LogP) is 39.0. The quantitative estimate of drug-likeness (QED) is 0.0384. The summed E-state index contributed by atoms with van der Waals surface area (Å²) in [5.41, 5.74) is 27.3. The molecule has 0 aliphatic carbocycles. The van der Waals surface area contributed by atoms with Gasteiger partial charge in [0.25, 0.3) is 0 Å². The van der Waals surface area contributed by atoms with Crippen molar-refractivity contribution in [3.8, 4) is 95.1 Å². The zero-order valence-corrected chi connectivity index (χ0v) is 80.0. The molecule has 0 saturated carbocycles. The van der Waals surface area contributed by atoms with Crippen LogP contribution in [0.15, 0.2) is 461 Å². The molecule has 0 bridgehead atoms. The summed E-state index contributed by atoms with van der Waals surface area (Å²) in [6.07, 6.45) is 1.78. The standard InChI is InChI=1S/C68H48F4N2.C66H38F4N4/c1-3-43-5-29-59(30-6-43)73(61-39-51(45-9-21-55(69)22-10-45)37-52(40-61)46-11-23-56(70)24-12-46)65-35-19-49-18-34-64-66(36-20-50-17-33-63(65)67(49)68(50)64)74(60-31-7-44(4-2)8-32-60)62-41-53(47-13-25-57(71)26-14-47)38-54(42-62)48-15-27-58(72)28-16-48;1-72-56-24-28-58(29-25-56)74(60-38-50(44-8-20-54(69)21-9-44)35-51(39-60)45-10-22-55(70)23-11-45)64-33-15-47-12-30-61-63(32-14-46-13-31-62(64)66(47)65(46)61)73(57-26-2-41(40-71)3-27-57)59-36-48(42-4-16-52(67)17-5-42)34-49(37-59)43-6-18-53(68)19-7-43/h5-42H,3-4H2,1-2H3;2-39H. The molecule has 0 N–H and O–H groups in total. The lowest BCUT2D eigenvalue weighted by Gasteiger charge is -2.30. The third kappa shape index (κ3) is 18.2. The van der Waals surface area contributed by atoms with Gasteiger partial charge in [0.15, 0.2) is 5.69 Å². The molecule has 0 amide bonds. The monoisotopic (exact) mass is 1930 g/mol. The van der Waals surface area contributed by atoms with Crippen molar-refractivity contribution in [2.24, 2.45) is 0 Å². The minimum Gasteiger partial charge on any atom is -0.310 e. The van der Waals surface area contributed by atoms with E-state index in [2.05, 4.69) is 251 Å². The summed E-state index contributed by atoms with van der Waals surface area (Å²) in [4.78, 5) is 12.6. The molecule has 14 heteroatoms. The largest absolute Gasteiger partial charge is 0.310 e. The van der Waals surface area contributed by atoms with Crippen molar-refractivity contribution < 1.29 is 35.1 Å². The molecule has 148 heavy (non-hydrogen) atoms. The lowest BCUT2D eigenvalue weighted by atomic mass is 9.91. The fourth-order valence-electron chi connectivity index (χ4n) is 20.6. The summed E-state index contributed by atoms with van der Waals surface area (Å²) in [6.45, 7) is 12.1. The topological polar surface area (TPSA) is 41.1 Å². The van der Waals surface area contributed by atoms with E-state index in [1.807, 2.05) is 36.4 Å². The van der Waals surface area contributed by atoms with Crippen LogP contribution in [0.25, 0.3) is 158 Å². The Hall–Kier alpha value is -19.0. The van der Waals surface area contributed by atoms with Gasteiger partial charge in [0.05, 0.1) is 41.0 Å². The van der Waals surface area contributed by atoms with E-state index in [0.717, 1.165) is 235 Å². The number of nitrogens with zero attached hydrogens (tertiary/aromatic N) is 6. The Kier molecular flexibility index (Phi) is 24.6. The molecule has 24 aromatic carbocycles. The maximum atomic E-state index is 14.4. The van der Waals surface area contributed by atoms with Crippen molar-refractivity contribution in [3.05, 3.63) is 536 Å². The number of aryl methyl sites for hydroxylation is 2. The lowest BCUT2D eigenvalue weighted by molar-refractivity contribution is 0.627. The molecule has 0 aliphatic rings. The third-order valence-electron chi connectivity index (χ3n) is 28.0. The fraction of sp³-hybridized carbons (Fsp3) is 0.0299. The van der Waals surface area contributed by atoms with Crippen LogP contribution in [0, 0.1) is 64.4 Å². The van der Waals surface area contributed by atoms with E-state index in [4.69, 9.17) is 6.57 Å². The number of halogens is 8. The van der Waals surface area contributed by atoms with Crippen molar-refractivity contribution in [1.82, 2.24) is 0 Å². The van der Waals surface area contributed by atoms with Crippen molar-refractivity contribution >= 4 is 139 Å². The highest BCUT2D eigenvalue weighted by atomic mass is 19.2. The smallest absolute Gasteiger partial charge is 0.187 e. The fourth-order valence-corrected chi connectivity index (χ4v) is 20.6. The predicted molar refractivity (Wildman–Crippen MR) is 592 cm³/mol. The van der Waals surface area contributed by atoms with Gasteiger partial charge in [0.1, 0.15) is 46.5 Å². The summed E-state index contributed by atoms with van der Waals surface area (Å²) >= 11 is 0. The van der Waals surface area contributed by atoms with E-state index in [0.29, 0.717) is 11.3 Å². The van der Waals surface area contributed by atoms with Crippen molar-refractivity contribution in [3.63, 3.8) is 0 Å². The molecule has 0 atom stereocenters. The minimum absolute atomic E-state index is 0.316.